The zero-order chi connectivity index (χ0) is 20.5. The number of nitrogens with one attached hydrogen (secondary N) is 1. The van der Waals surface area contributed by atoms with E-state index in [1.54, 1.807) is 36.9 Å². The van der Waals surface area contributed by atoms with Crippen LogP contribution in [0.2, 0.25) is 0 Å². The van der Waals surface area contributed by atoms with E-state index in [0.29, 0.717) is 5.69 Å². The van der Waals surface area contributed by atoms with Crippen LogP contribution in [0.5, 0.6) is 0 Å². The highest BCUT2D eigenvalue weighted by molar-refractivity contribution is 5.76. The Morgan fingerprint density at radius 1 is 1.21 bits per heavy atom. The highest BCUT2D eigenvalue weighted by atomic mass is 19.4. The summed E-state index contributed by atoms with van der Waals surface area (Å²) >= 11 is 0. The van der Waals surface area contributed by atoms with Gasteiger partial charge in [0.1, 0.15) is 12.4 Å². The molecule has 0 aliphatic rings. The van der Waals surface area contributed by atoms with Crippen LogP contribution in [0.3, 0.4) is 0 Å². The van der Waals surface area contributed by atoms with Crippen molar-refractivity contribution in [2.75, 3.05) is 0 Å². The first-order valence-electron chi connectivity index (χ1n) is 8.35. The zero-order valence-corrected chi connectivity index (χ0v) is 15.0. The topological polar surface area (TPSA) is 64.7 Å². The number of benzene rings is 1. The fourth-order valence-corrected chi connectivity index (χ4v) is 2.80. The van der Waals surface area contributed by atoms with Gasteiger partial charge in [-0.2, -0.15) is 23.4 Å². The van der Waals surface area contributed by atoms with E-state index >= 15 is 0 Å². The van der Waals surface area contributed by atoms with E-state index in [1.165, 1.54) is 12.1 Å². The summed E-state index contributed by atoms with van der Waals surface area (Å²) in [4.78, 5) is 12.2. The molecule has 1 amide bonds. The molecule has 3 aromatic rings. The smallest absolute Gasteiger partial charge is 0.348 e. The number of hydrogen-bond donors (Lipinski definition) is 1. The van der Waals surface area contributed by atoms with Gasteiger partial charge in [-0.15, -0.1) is 0 Å². The minimum Gasteiger partial charge on any atom is -0.348 e. The fraction of sp³-hybridized carbons (Fsp3) is 0.278. The van der Waals surface area contributed by atoms with Crippen LogP contribution in [0, 0.1) is 12.7 Å². The molecular formula is C18H17F4N5O. The van der Waals surface area contributed by atoms with Crippen molar-refractivity contribution in [2.24, 2.45) is 0 Å². The Hall–Kier alpha value is -3.17. The lowest BCUT2D eigenvalue weighted by atomic mass is 10.1. The molecule has 0 aliphatic heterocycles. The number of amides is 1. The second-order valence-corrected chi connectivity index (χ2v) is 6.26. The number of nitrogens with zero attached hydrogens (tertiary/aromatic N) is 4. The second-order valence-electron chi connectivity index (χ2n) is 6.26. The Morgan fingerprint density at radius 3 is 2.50 bits per heavy atom. The molecule has 28 heavy (non-hydrogen) atoms. The number of alkyl halides is 3. The van der Waals surface area contributed by atoms with Gasteiger partial charge in [-0.05, 0) is 44.2 Å². The Kier molecular flexibility index (Phi) is 5.21. The van der Waals surface area contributed by atoms with Gasteiger partial charge in [0.2, 0.25) is 5.91 Å². The molecule has 148 valence electrons. The highest BCUT2D eigenvalue weighted by Gasteiger charge is 2.33. The molecule has 0 bridgehead atoms. The van der Waals surface area contributed by atoms with Gasteiger partial charge in [-0.25, -0.2) is 9.07 Å². The van der Waals surface area contributed by atoms with Crippen molar-refractivity contribution in [3.05, 3.63) is 65.5 Å². The highest BCUT2D eigenvalue weighted by Crippen LogP contribution is 2.27. The van der Waals surface area contributed by atoms with Crippen molar-refractivity contribution in [3.63, 3.8) is 0 Å². The Morgan fingerprint density at radius 2 is 1.89 bits per heavy atom. The maximum absolute atomic E-state index is 13.1. The lowest BCUT2D eigenvalue weighted by molar-refractivity contribution is -0.141. The van der Waals surface area contributed by atoms with Crippen LogP contribution in [0.1, 0.15) is 29.9 Å². The molecule has 0 spiro atoms. The van der Waals surface area contributed by atoms with Gasteiger partial charge in [0.05, 0.1) is 17.9 Å². The summed E-state index contributed by atoms with van der Waals surface area (Å²) < 4.78 is 53.3. The van der Waals surface area contributed by atoms with Crippen molar-refractivity contribution in [1.29, 1.82) is 0 Å². The molecule has 1 unspecified atom stereocenters. The molecule has 2 heterocycles. The largest absolute Gasteiger partial charge is 0.435 e. The van der Waals surface area contributed by atoms with Gasteiger partial charge >= 0.3 is 6.18 Å². The summed E-state index contributed by atoms with van der Waals surface area (Å²) in [6.07, 6.45) is -1.87. The number of carbonyl (C=O) groups excluding carboxylic acids is 1. The molecule has 0 aliphatic carbocycles. The molecule has 3 rings (SSSR count). The normalized spacial score (nSPS) is 12.8. The zero-order valence-electron chi connectivity index (χ0n) is 15.0. The lowest BCUT2D eigenvalue weighted by Gasteiger charge is -2.14. The Bertz CT molecular complexity index is 975. The van der Waals surface area contributed by atoms with E-state index in [-0.39, 0.29) is 12.4 Å². The van der Waals surface area contributed by atoms with E-state index in [4.69, 9.17) is 0 Å². The molecule has 0 saturated heterocycles. The fourth-order valence-electron chi connectivity index (χ4n) is 2.80. The summed E-state index contributed by atoms with van der Waals surface area (Å²) in [5, 5.41) is 10.3. The molecule has 1 atom stereocenters. The first-order chi connectivity index (χ1) is 13.1. The lowest BCUT2D eigenvalue weighted by Crippen LogP contribution is -2.30. The van der Waals surface area contributed by atoms with Gasteiger partial charge < -0.3 is 5.32 Å². The number of carbonyl (C=O) groups is 1. The van der Waals surface area contributed by atoms with Crippen LogP contribution in [-0.2, 0) is 17.5 Å². The summed E-state index contributed by atoms with van der Waals surface area (Å²) in [7, 11) is 0. The third-order valence-electron chi connectivity index (χ3n) is 4.20. The van der Waals surface area contributed by atoms with Crippen LogP contribution in [0.25, 0.3) is 5.69 Å². The molecule has 0 saturated carbocycles. The van der Waals surface area contributed by atoms with Gasteiger partial charge in [0.25, 0.3) is 0 Å². The third-order valence-corrected chi connectivity index (χ3v) is 4.20. The molecule has 1 N–H and O–H groups in total. The van der Waals surface area contributed by atoms with Crippen molar-refractivity contribution in [1.82, 2.24) is 24.9 Å². The van der Waals surface area contributed by atoms with Crippen molar-refractivity contribution < 1.29 is 22.4 Å². The summed E-state index contributed by atoms with van der Waals surface area (Å²) in [6, 6.07) is 6.19. The average Bonchev–Trinajstić information content (AvgIpc) is 3.22. The van der Waals surface area contributed by atoms with E-state index in [0.717, 1.165) is 28.2 Å². The van der Waals surface area contributed by atoms with Gasteiger partial charge in [0, 0.05) is 17.5 Å². The predicted octanol–water partition coefficient (Wildman–Crippen LogP) is 3.41. The van der Waals surface area contributed by atoms with Gasteiger partial charge in [0.15, 0.2) is 5.69 Å². The number of hydrogen-bond acceptors (Lipinski definition) is 3. The molecule has 6 nitrogen and oxygen atoms in total. The molecular weight excluding hydrogens is 378 g/mol. The van der Waals surface area contributed by atoms with Crippen molar-refractivity contribution >= 4 is 5.91 Å². The maximum atomic E-state index is 13.1. The first-order valence-corrected chi connectivity index (χ1v) is 8.35. The SMILES string of the molecule is Cc1c(C(C)NC(=O)Cn2ccc(C(F)(F)F)n2)cnn1-c1ccc(F)cc1. The average molecular weight is 395 g/mol. The van der Waals surface area contributed by atoms with E-state index < -0.39 is 23.8 Å². The molecule has 1 aromatic carbocycles. The Labute approximate surface area is 157 Å². The number of rotatable bonds is 5. The minimum atomic E-state index is -4.55. The standard InChI is InChI=1S/C18H17F4N5O/c1-11(24-17(28)10-26-8-7-16(25-26)18(20,21)22)15-9-23-27(12(15)2)14-5-3-13(19)4-6-14/h3-9,11H,10H2,1-2H3,(H,24,28). The summed E-state index contributed by atoms with van der Waals surface area (Å²) in [5.74, 6) is -0.847. The predicted molar refractivity (Wildman–Crippen MR) is 92.0 cm³/mol. The monoisotopic (exact) mass is 395 g/mol. The number of halogens is 4. The molecule has 0 fully saturated rings. The van der Waals surface area contributed by atoms with E-state index in [9.17, 15) is 22.4 Å². The van der Waals surface area contributed by atoms with Gasteiger partial charge in [-0.3, -0.25) is 9.48 Å². The first kappa shape index (κ1) is 19.6. The van der Waals surface area contributed by atoms with E-state index in [1.807, 2.05) is 0 Å². The second kappa shape index (κ2) is 7.45. The van der Waals surface area contributed by atoms with Crippen LogP contribution in [0.15, 0.2) is 42.7 Å². The van der Waals surface area contributed by atoms with Gasteiger partial charge in [-0.1, -0.05) is 0 Å². The quantitative estimate of drug-likeness (QED) is 0.674. The van der Waals surface area contributed by atoms with Crippen molar-refractivity contribution in [2.45, 2.75) is 32.6 Å². The van der Waals surface area contributed by atoms with Crippen LogP contribution >= 0.6 is 0 Å². The summed E-state index contributed by atoms with van der Waals surface area (Å²) in [6.45, 7) is 3.20. The molecule has 10 heteroatoms. The Balaban J connectivity index is 1.67. The number of aromatic nitrogens is 4. The minimum absolute atomic E-state index is 0.342. The molecule has 2 aromatic heterocycles. The van der Waals surface area contributed by atoms with Crippen LogP contribution < -0.4 is 5.32 Å². The van der Waals surface area contributed by atoms with Crippen molar-refractivity contribution in [3.8, 4) is 5.69 Å². The maximum Gasteiger partial charge on any atom is 0.435 e. The molecule has 0 radical (unpaired) electrons. The third kappa shape index (κ3) is 4.21. The van der Waals surface area contributed by atoms with Crippen LogP contribution in [0.4, 0.5) is 17.6 Å². The van der Waals surface area contributed by atoms with E-state index in [2.05, 4.69) is 15.5 Å². The van der Waals surface area contributed by atoms with Crippen LogP contribution in [-0.4, -0.2) is 25.5 Å². The summed E-state index contributed by atoms with van der Waals surface area (Å²) in [5.41, 5.74) is 1.09.